The molecule has 0 saturated carbocycles. The molecule has 0 unspecified atom stereocenters. The van der Waals surface area contributed by atoms with E-state index in [1.165, 1.54) is 26.9 Å². The SMILES string of the molecule is OB(O)Oc1ccccc1-c1ccc2ccc3cccc4ccc1c2c34. The van der Waals surface area contributed by atoms with Crippen molar-refractivity contribution in [3.05, 3.63) is 78.9 Å². The number of hydrogen-bond acceptors (Lipinski definition) is 3. The Bertz CT molecular complexity index is 1230. The van der Waals surface area contributed by atoms with Crippen molar-refractivity contribution >= 4 is 39.6 Å². The van der Waals surface area contributed by atoms with Gasteiger partial charge < -0.3 is 14.7 Å². The molecule has 0 spiro atoms. The summed E-state index contributed by atoms with van der Waals surface area (Å²) in [6.45, 7) is 0. The molecule has 0 aliphatic rings. The third-order valence-corrected chi connectivity index (χ3v) is 4.94. The zero-order valence-corrected chi connectivity index (χ0v) is 13.9. The summed E-state index contributed by atoms with van der Waals surface area (Å²) in [4.78, 5) is 0. The number of rotatable bonds is 3. The third kappa shape index (κ3) is 2.24. The van der Waals surface area contributed by atoms with E-state index in [1.807, 2.05) is 18.2 Å². The second-order valence-electron chi connectivity index (χ2n) is 6.41. The molecule has 2 N–H and O–H groups in total. The highest BCUT2D eigenvalue weighted by atomic mass is 16.6. The molecule has 0 radical (unpaired) electrons. The van der Waals surface area contributed by atoms with Gasteiger partial charge in [0.25, 0.3) is 0 Å². The molecule has 0 atom stereocenters. The minimum Gasteiger partial charge on any atom is -0.512 e. The third-order valence-electron chi connectivity index (χ3n) is 4.94. The maximum atomic E-state index is 9.25. The van der Waals surface area contributed by atoms with Crippen LogP contribution in [0, 0.1) is 0 Å². The first-order chi connectivity index (χ1) is 12.7. The van der Waals surface area contributed by atoms with Crippen molar-refractivity contribution in [2.24, 2.45) is 0 Å². The fourth-order valence-corrected chi connectivity index (χ4v) is 3.88. The zero-order valence-electron chi connectivity index (χ0n) is 13.9. The summed E-state index contributed by atoms with van der Waals surface area (Å²) < 4.78 is 5.20. The van der Waals surface area contributed by atoms with E-state index in [9.17, 15) is 10.0 Å². The van der Waals surface area contributed by atoms with Crippen LogP contribution in [-0.4, -0.2) is 17.4 Å². The molecule has 5 aromatic rings. The highest BCUT2D eigenvalue weighted by Crippen LogP contribution is 2.41. The molecule has 4 heteroatoms. The van der Waals surface area contributed by atoms with E-state index in [0.717, 1.165) is 16.5 Å². The molecule has 0 fully saturated rings. The minimum atomic E-state index is -1.85. The molecule has 0 saturated heterocycles. The van der Waals surface area contributed by atoms with Crippen LogP contribution in [0.1, 0.15) is 0 Å². The Morgan fingerprint density at radius 3 is 2.00 bits per heavy atom. The second kappa shape index (κ2) is 5.73. The first-order valence-electron chi connectivity index (χ1n) is 8.51. The monoisotopic (exact) mass is 338 g/mol. The van der Waals surface area contributed by atoms with Crippen LogP contribution in [0.3, 0.4) is 0 Å². The summed E-state index contributed by atoms with van der Waals surface area (Å²) in [5.41, 5.74) is 1.84. The van der Waals surface area contributed by atoms with Gasteiger partial charge in [0.15, 0.2) is 0 Å². The van der Waals surface area contributed by atoms with Gasteiger partial charge >= 0.3 is 7.32 Å². The normalized spacial score (nSPS) is 11.5. The maximum absolute atomic E-state index is 9.25. The summed E-state index contributed by atoms with van der Waals surface area (Å²) in [5.74, 6) is 0.442. The van der Waals surface area contributed by atoms with Crippen LogP contribution in [0.2, 0.25) is 0 Å². The molecule has 0 aromatic heterocycles. The Hall–Kier alpha value is -3.08. The van der Waals surface area contributed by atoms with Crippen molar-refractivity contribution in [2.45, 2.75) is 0 Å². The van der Waals surface area contributed by atoms with Gasteiger partial charge in [-0.3, -0.25) is 0 Å². The minimum absolute atomic E-state index is 0.442. The Kier molecular flexibility index (Phi) is 3.35. The number of para-hydroxylation sites is 1. The van der Waals surface area contributed by atoms with Crippen molar-refractivity contribution in [1.29, 1.82) is 0 Å². The van der Waals surface area contributed by atoms with Gasteiger partial charge in [0, 0.05) is 5.56 Å². The van der Waals surface area contributed by atoms with Gasteiger partial charge in [-0.05, 0) is 43.9 Å². The van der Waals surface area contributed by atoms with Crippen molar-refractivity contribution in [1.82, 2.24) is 0 Å². The van der Waals surface area contributed by atoms with Crippen LogP contribution in [0.15, 0.2) is 78.9 Å². The highest BCUT2D eigenvalue weighted by molar-refractivity contribution is 6.34. The van der Waals surface area contributed by atoms with Crippen LogP contribution < -0.4 is 4.65 Å². The molecule has 3 nitrogen and oxygen atoms in total. The summed E-state index contributed by atoms with van der Waals surface area (Å²) in [6, 6.07) is 26.5. The number of hydrogen-bond donors (Lipinski definition) is 2. The molecule has 124 valence electrons. The molecule has 0 heterocycles. The summed E-state index contributed by atoms with van der Waals surface area (Å²) >= 11 is 0. The quantitative estimate of drug-likeness (QED) is 0.373. The van der Waals surface area contributed by atoms with Crippen LogP contribution >= 0.6 is 0 Å². The predicted molar refractivity (Wildman–Crippen MR) is 106 cm³/mol. The van der Waals surface area contributed by atoms with Crippen LogP contribution in [0.25, 0.3) is 43.4 Å². The molecule has 0 aliphatic heterocycles. The van der Waals surface area contributed by atoms with Gasteiger partial charge in [0.2, 0.25) is 0 Å². The fraction of sp³-hybridized carbons (Fsp3) is 0. The van der Waals surface area contributed by atoms with Crippen molar-refractivity contribution in [3.63, 3.8) is 0 Å². The van der Waals surface area contributed by atoms with Gasteiger partial charge in [-0.25, -0.2) is 0 Å². The topological polar surface area (TPSA) is 49.7 Å². The lowest BCUT2D eigenvalue weighted by Gasteiger charge is -2.16. The van der Waals surface area contributed by atoms with Crippen molar-refractivity contribution in [2.75, 3.05) is 0 Å². The number of benzene rings is 5. The lowest BCUT2D eigenvalue weighted by molar-refractivity contribution is 0.288. The van der Waals surface area contributed by atoms with E-state index in [2.05, 4.69) is 54.6 Å². The lowest BCUT2D eigenvalue weighted by Crippen LogP contribution is -2.20. The highest BCUT2D eigenvalue weighted by Gasteiger charge is 2.17. The first kappa shape index (κ1) is 15.2. The average Bonchev–Trinajstić information content (AvgIpc) is 2.66. The Labute approximate surface area is 150 Å². The molecule has 0 bridgehead atoms. The van der Waals surface area contributed by atoms with E-state index in [-0.39, 0.29) is 0 Å². The largest absolute Gasteiger partial charge is 0.707 e. The first-order valence-corrected chi connectivity index (χ1v) is 8.51. The molecule has 5 rings (SSSR count). The second-order valence-corrected chi connectivity index (χ2v) is 6.41. The van der Waals surface area contributed by atoms with Crippen LogP contribution in [0.4, 0.5) is 0 Å². The van der Waals surface area contributed by atoms with Crippen molar-refractivity contribution in [3.8, 4) is 16.9 Å². The summed E-state index contributed by atoms with van der Waals surface area (Å²) in [6.07, 6.45) is 0. The Morgan fingerprint density at radius 2 is 1.23 bits per heavy atom. The van der Waals surface area contributed by atoms with Crippen LogP contribution in [0.5, 0.6) is 5.75 Å². The van der Waals surface area contributed by atoms with Crippen molar-refractivity contribution < 1.29 is 14.7 Å². The van der Waals surface area contributed by atoms with E-state index in [4.69, 9.17) is 4.65 Å². The molecule has 26 heavy (non-hydrogen) atoms. The molecular formula is C22H15BO3. The zero-order chi connectivity index (χ0) is 17.7. The maximum Gasteiger partial charge on any atom is 0.707 e. The molecule has 0 amide bonds. The smallest absolute Gasteiger partial charge is 0.512 e. The summed E-state index contributed by atoms with van der Waals surface area (Å²) in [7, 11) is -1.85. The Balaban J connectivity index is 1.88. The van der Waals surface area contributed by atoms with E-state index in [0.29, 0.717) is 5.75 Å². The lowest BCUT2D eigenvalue weighted by atomic mass is 9.89. The molecule has 0 aliphatic carbocycles. The Morgan fingerprint density at radius 1 is 0.577 bits per heavy atom. The van der Waals surface area contributed by atoms with Gasteiger partial charge in [-0.1, -0.05) is 72.8 Å². The van der Waals surface area contributed by atoms with Gasteiger partial charge in [-0.2, -0.15) is 0 Å². The van der Waals surface area contributed by atoms with Gasteiger partial charge in [-0.15, -0.1) is 0 Å². The van der Waals surface area contributed by atoms with Crippen LogP contribution in [-0.2, 0) is 0 Å². The molecule has 5 aromatic carbocycles. The fourth-order valence-electron chi connectivity index (χ4n) is 3.88. The standard InChI is InChI=1S/C22H15BO3/c24-23(25)26-20-7-2-1-6-18(20)17-12-10-16-9-8-14-4-3-5-15-11-13-19(17)22(16)21(14)15/h1-13,24-25H. The summed E-state index contributed by atoms with van der Waals surface area (Å²) in [5, 5.41) is 25.7. The predicted octanol–water partition coefficient (Wildman–Crippen LogP) is 4.60. The molecular weight excluding hydrogens is 323 g/mol. The average molecular weight is 338 g/mol. The van der Waals surface area contributed by atoms with Gasteiger partial charge in [0.1, 0.15) is 5.75 Å². The van der Waals surface area contributed by atoms with E-state index >= 15 is 0 Å². The van der Waals surface area contributed by atoms with E-state index in [1.54, 1.807) is 6.07 Å². The van der Waals surface area contributed by atoms with Gasteiger partial charge in [0.05, 0.1) is 0 Å². The van der Waals surface area contributed by atoms with E-state index < -0.39 is 7.32 Å².